The molecule has 0 unspecified atom stereocenters. The third-order valence-corrected chi connectivity index (χ3v) is 5.44. The minimum Gasteiger partial charge on any atom is -0.0619 e. The van der Waals surface area contributed by atoms with Gasteiger partial charge in [0.15, 0.2) is 0 Å². The molecule has 0 saturated carbocycles. The summed E-state index contributed by atoms with van der Waals surface area (Å²) in [6, 6.07) is 30.8. The lowest BCUT2D eigenvalue weighted by atomic mass is 9.92. The summed E-state index contributed by atoms with van der Waals surface area (Å²) in [4.78, 5) is 0. The zero-order valence-electron chi connectivity index (χ0n) is 14.9. The van der Waals surface area contributed by atoms with Crippen molar-refractivity contribution >= 4 is 22.4 Å². The Balaban J connectivity index is 1.57. The molecule has 1 aliphatic rings. The Hall–Kier alpha value is -3.12. The molecule has 0 saturated heterocycles. The predicted octanol–water partition coefficient (Wildman–Crippen LogP) is 6.91. The number of aryl methyl sites for hydroxylation is 1. The summed E-state index contributed by atoms with van der Waals surface area (Å²) >= 11 is 0. The van der Waals surface area contributed by atoms with Gasteiger partial charge in [-0.2, -0.15) is 0 Å². The lowest BCUT2D eigenvalue weighted by Gasteiger charge is -2.12. The van der Waals surface area contributed by atoms with Gasteiger partial charge in [0.05, 0.1) is 0 Å². The normalized spacial score (nSPS) is 12.9. The molecule has 0 heterocycles. The van der Waals surface area contributed by atoms with Gasteiger partial charge >= 0.3 is 0 Å². The molecule has 4 aromatic carbocycles. The Morgan fingerprint density at radius 2 is 1.50 bits per heavy atom. The van der Waals surface area contributed by atoms with Gasteiger partial charge in [0.25, 0.3) is 0 Å². The zero-order chi connectivity index (χ0) is 17.5. The van der Waals surface area contributed by atoms with Gasteiger partial charge in [0.2, 0.25) is 0 Å². The van der Waals surface area contributed by atoms with E-state index in [2.05, 4.69) is 97.9 Å². The third kappa shape index (κ3) is 2.46. The van der Waals surface area contributed by atoms with Crippen LogP contribution in [0.25, 0.3) is 33.5 Å². The Kier molecular flexibility index (Phi) is 3.50. The van der Waals surface area contributed by atoms with Crippen LogP contribution in [-0.2, 0) is 6.42 Å². The van der Waals surface area contributed by atoms with Crippen molar-refractivity contribution in [2.24, 2.45) is 0 Å². The topological polar surface area (TPSA) is 0 Å². The molecule has 0 amide bonds. The van der Waals surface area contributed by atoms with Crippen LogP contribution in [0.2, 0.25) is 0 Å². The number of benzene rings is 4. The van der Waals surface area contributed by atoms with Crippen molar-refractivity contribution in [1.29, 1.82) is 0 Å². The molecule has 0 nitrogen and oxygen atoms in total. The van der Waals surface area contributed by atoms with Crippen LogP contribution in [0.4, 0.5) is 0 Å². The molecule has 0 N–H and O–H groups in total. The highest BCUT2D eigenvalue weighted by Crippen LogP contribution is 2.35. The number of fused-ring (bicyclic) bond motifs is 2. The zero-order valence-corrected chi connectivity index (χ0v) is 14.9. The Morgan fingerprint density at radius 1 is 0.692 bits per heavy atom. The molecular formula is C26H20. The van der Waals surface area contributed by atoms with Gasteiger partial charge in [-0.3, -0.25) is 0 Å². The first-order valence-electron chi connectivity index (χ1n) is 9.17. The molecule has 1 aliphatic carbocycles. The third-order valence-electron chi connectivity index (χ3n) is 5.44. The van der Waals surface area contributed by atoms with E-state index in [9.17, 15) is 0 Å². The van der Waals surface area contributed by atoms with E-state index in [-0.39, 0.29) is 0 Å². The van der Waals surface area contributed by atoms with E-state index in [4.69, 9.17) is 0 Å². The molecule has 26 heavy (non-hydrogen) atoms. The second kappa shape index (κ2) is 6.00. The summed E-state index contributed by atoms with van der Waals surface area (Å²) in [7, 11) is 0. The number of allylic oxidation sites excluding steroid dienone is 1. The molecule has 0 heteroatoms. The van der Waals surface area contributed by atoms with Crippen LogP contribution in [0.5, 0.6) is 0 Å². The first-order chi connectivity index (χ1) is 12.8. The Bertz CT molecular complexity index is 1160. The van der Waals surface area contributed by atoms with Crippen molar-refractivity contribution in [2.45, 2.75) is 13.3 Å². The van der Waals surface area contributed by atoms with E-state index < -0.39 is 0 Å². The van der Waals surface area contributed by atoms with E-state index in [1.807, 2.05) is 0 Å². The van der Waals surface area contributed by atoms with Gasteiger partial charge in [0.1, 0.15) is 0 Å². The average molecular weight is 332 g/mol. The highest BCUT2D eigenvalue weighted by Gasteiger charge is 2.15. The lowest BCUT2D eigenvalue weighted by Crippen LogP contribution is -1.91. The maximum Gasteiger partial charge on any atom is -0.00136 e. The van der Waals surface area contributed by atoms with Crippen LogP contribution in [0, 0.1) is 6.92 Å². The number of hydrogen-bond acceptors (Lipinski definition) is 0. The maximum atomic E-state index is 2.34. The average Bonchev–Trinajstić information content (AvgIpc) is 3.11. The fourth-order valence-electron chi connectivity index (χ4n) is 4.12. The van der Waals surface area contributed by atoms with Crippen LogP contribution in [0.1, 0.15) is 22.3 Å². The summed E-state index contributed by atoms with van der Waals surface area (Å²) in [5, 5.41) is 2.61. The fourth-order valence-corrected chi connectivity index (χ4v) is 4.12. The first kappa shape index (κ1) is 15.2. The molecule has 4 aromatic rings. The monoisotopic (exact) mass is 332 g/mol. The summed E-state index contributed by atoms with van der Waals surface area (Å²) < 4.78 is 0. The van der Waals surface area contributed by atoms with Crippen LogP contribution in [-0.4, -0.2) is 0 Å². The van der Waals surface area contributed by atoms with Gasteiger partial charge in [-0.1, -0.05) is 91.0 Å². The molecule has 0 atom stereocenters. The van der Waals surface area contributed by atoms with Crippen molar-refractivity contribution in [3.8, 4) is 11.1 Å². The molecule has 0 fully saturated rings. The summed E-state index contributed by atoms with van der Waals surface area (Å²) in [5.74, 6) is 0. The predicted molar refractivity (Wildman–Crippen MR) is 112 cm³/mol. The summed E-state index contributed by atoms with van der Waals surface area (Å²) in [6.07, 6.45) is 3.37. The minimum absolute atomic E-state index is 1.03. The number of rotatable bonds is 2. The lowest BCUT2D eigenvalue weighted by molar-refractivity contribution is 1.30. The largest absolute Gasteiger partial charge is 0.0619 e. The van der Waals surface area contributed by atoms with Crippen LogP contribution < -0.4 is 0 Å². The van der Waals surface area contributed by atoms with Gasteiger partial charge in [0, 0.05) is 0 Å². The molecule has 0 bridgehead atoms. The summed E-state index contributed by atoms with van der Waals surface area (Å²) in [6.45, 7) is 2.23. The summed E-state index contributed by atoms with van der Waals surface area (Å²) in [5.41, 5.74) is 9.52. The molecule has 124 valence electrons. The van der Waals surface area contributed by atoms with Crippen molar-refractivity contribution in [2.75, 3.05) is 0 Å². The molecular weight excluding hydrogens is 312 g/mol. The van der Waals surface area contributed by atoms with E-state index in [1.165, 1.54) is 49.7 Å². The smallest absolute Gasteiger partial charge is 0.00136 e. The first-order valence-corrected chi connectivity index (χ1v) is 9.17. The van der Waals surface area contributed by atoms with Crippen LogP contribution in [0.15, 0.2) is 84.9 Å². The Morgan fingerprint density at radius 3 is 2.38 bits per heavy atom. The van der Waals surface area contributed by atoms with Crippen molar-refractivity contribution < 1.29 is 0 Å². The molecule has 0 radical (unpaired) electrons. The standard InChI is InChI=1S/C26H20/c1-18-15-22(26-12-6-10-19-7-4-5-11-25(19)26)13-14-24(18)23-16-20-8-2-3-9-21(20)17-23/h2-16H,17H2,1H3. The van der Waals surface area contributed by atoms with Crippen LogP contribution in [0.3, 0.4) is 0 Å². The van der Waals surface area contributed by atoms with E-state index in [0.29, 0.717) is 0 Å². The fraction of sp³-hybridized carbons (Fsp3) is 0.0769. The van der Waals surface area contributed by atoms with Crippen molar-refractivity contribution in [3.05, 3.63) is 107 Å². The molecule has 0 aromatic heterocycles. The molecule has 5 rings (SSSR count). The quantitative estimate of drug-likeness (QED) is 0.374. The Labute approximate surface area is 154 Å². The highest BCUT2D eigenvalue weighted by molar-refractivity contribution is 5.97. The van der Waals surface area contributed by atoms with E-state index in [0.717, 1.165) is 6.42 Å². The van der Waals surface area contributed by atoms with Crippen molar-refractivity contribution in [3.63, 3.8) is 0 Å². The van der Waals surface area contributed by atoms with Crippen molar-refractivity contribution in [1.82, 2.24) is 0 Å². The SMILES string of the molecule is Cc1cc(-c2cccc3ccccc23)ccc1C1=Cc2ccccc2C1. The minimum atomic E-state index is 1.03. The second-order valence-electron chi connectivity index (χ2n) is 7.10. The maximum absolute atomic E-state index is 2.34. The van der Waals surface area contributed by atoms with Crippen LogP contribution >= 0.6 is 0 Å². The molecule has 0 spiro atoms. The van der Waals surface area contributed by atoms with Gasteiger partial charge in [-0.05, 0) is 63.1 Å². The van der Waals surface area contributed by atoms with Gasteiger partial charge < -0.3 is 0 Å². The van der Waals surface area contributed by atoms with Gasteiger partial charge in [-0.15, -0.1) is 0 Å². The van der Waals surface area contributed by atoms with Gasteiger partial charge in [-0.25, -0.2) is 0 Å². The highest BCUT2D eigenvalue weighted by atomic mass is 14.2. The molecule has 0 aliphatic heterocycles. The van der Waals surface area contributed by atoms with E-state index >= 15 is 0 Å². The number of hydrogen-bond donors (Lipinski definition) is 0. The second-order valence-corrected chi connectivity index (χ2v) is 7.10. The van der Waals surface area contributed by atoms with E-state index in [1.54, 1.807) is 0 Å².